The fourth-order valence-corrected chi connectivity index (χ4v) is 3.48. The Kier molecular flexibility index (Phi) is 7.80. The topological polar surface area (TPSA) is 72.5 Å². The van der Waals surface area contributed by atoms with Gasteiger partial charge in [0.2, 0.25) is 0 Å². The van der Waals surface area contributed by atoms with Crippen LogP contribution in [0.2, 0.25) is 0 Å². The maximum atomic E-state index is 12.2. The van der Waals surface area contributed by atoms with Gasteiger partial charge in [0.25, 0.3) is 0 Å². The van der Waals surface area contributed by atoms with Gasteiger partial charge in [-0.1, -0.05) is 5.92 Å². The monoisotopic (exact) mass is 369 g/mol. The maximum Gasteiger partial charge on any atom is 0.320 e. The lowest BCUT2D eigenvalue weighted by atomic mass is 10.2. The lowest BCUT2D eigenvalue weighted by Crippen LogP contribution is -2.33. The molecule has 132 valence electrons. The molecule has 0 saturated heterocycles. The Labute approximate surface area is 148 Å². The average Bonchev–Trinajstić information content (AvgIpc) is 2.46. The first-order valence-corrected chi connectivity index (χ1v) is 10.1. The van der Waals surface area contributed by atoms with Gasteiger partial charge >= 0.3 is 5.97 Å². The van der Waals surface area contributed by atoms with Crippen LogP contribution >= 0.6 is 11.8 Å². The minimum atomic E-state index is -3.50. The summed E-state index contributed by atoms with van der Waals surface area (Å²) in [4.78, 5) is 12.7. The molecular formula is C17H23NO4S2. The molecule has 0 aliphatic carbocycles. The molecule has 0 aromatic heterocycles. The van der Waals surface area contributed by atoms with E-state index in [2.05, 4.69) is 17.2 Å². The van der Waals surface area contributed by atoms with Crippen LogP contribution in [0.15, 0.2) is 34.1 Å². The molecule has 1 rings (SSSR count). The Morgan fingerprint density at radius 1 is 1.25 bits per heavy atom. The summed E-state index contributed by atoms with van der Waals surface area (Å²) in [7, 11) is -3.50. The average molecular weight is 370 g/mol. The van der Waals surface area contributed by atoms with Crippen LogP contribution in [-0.2, 0) is 19.4 Å². The van der Waals surface area contributed by atoms with E-state index in [-0.39, 0.29) is 17.3 Å². The van der Waals surface area contributed by atoms with E-state index in [1.807, 2.05) is 0 Å². The molecule has 0 saturated carbocycles. The predicted molar refractivity (Wildman–Crippen MR) is 96.5 cm³/mol. The van der Waals surface area contributed by atoms with E-state index in [1.165, 1.54) is 0 Å². The number of ether oxygens (including phenoxy) is 1. The zero-order valence-corrected chi connectivity index (χ0v) is 16.0. The zero-order valence-electron chi connectivity index (χ0n) is 14.4. The van der Waals surface area contributed by atoms with Gasteiger partial charge in [0, 0.05) is 4.90 Å². The summed E-state index contributed by atoms with van der Waals surface area (Å²) in [6, 6.07) is 6.63. The van der Waals surface area contributed by atoms with Crippen molar-refractivity contribution in [3.63, 3.8) is 0 Å². The fourth-order valence-electron chi connectivity index (χ4n) is 1.68. The molecule has 0 radical (unpaired) electrons. The van der Waals surface area contributed by atoms with E-state index in [0.29, 0.717) is 5.75 Å². The largest absolute Gasteiger partial charge is 0.459 e. The van der Waals surface area contributed by atoms with Gasteiger partial charge in [-0.25, -0.2) is 8.42 Å². The second kappa shape index (κ2) is 9.11. The van der Waals surface area contributed by atoms with Crippen molar-refractivity contribution in [3.8, 4) is 11.8 Å². The van der Waals surface area contributed by atoms with E-state index >= 15 is 0 Å². The van der Waals surface area contributed by atoms with Gasteiger partial charge in [-0.3, -0.25) is 10.1 Å². The number of benzene rings is 1. The third-order valence-electron chi connectivity index (χ3n) is 2.65. The molecule has 0 amide bonds. The first-order chi connectivity index (χ1) is 11.1. The second-order valence-electron chi connectivity index (χ2n) is 5.96. The highest BCUT2D eigenvalue weighted by atomic mass is 32.2. The van der Waals surface area contributed by atoms with Crippen LogP contribution in [-0.4, -0.2) is 38.2 Å². The van der Waals surface area contributed by atoms with E-state index in [9.17, 15) is 13.2 Å². The van der Waals surface area contributed by atoms with Crippen LogP contribution in [0.25, 0.3) is 0 Å². The number of hydrogen-bond acceptors (Lipinski definition) is 6. The Balaban J connectivity index is 2.55. The third-order valence-corrected chi connectivity index (χ3v) is 5.12. The standard InChI is InChI=1S/C17H23NO4S2/c1-5-6-11-23-14-7-9-15(10-8-14)24(20,21)13-18-12-16(19)22-17(2,3)4/h7-10,18H,11-13H2,1-4H3. The molecule has 0 heterocycles. The van der Waals surface area contributed by atoms with Gasteiger partial charge in [-0.15, -0.1) is 17.7 Å². The number of carbonyl (C=O) groups is 1. The van der Waals surface area contributed by atoms with Crippen molar-refractivity contribution < 1.29 is 17.9 Å². The minimum Gasteiger partial charge on any atom is -0.459 e. The fraction of sp³-hybridized carbons (Fsp3) is 0.471. The van der Waals surface area contributed by atoms with E-state index < -0.39 is 21.4 Å². The summed E-state index contributed by atoms with van der Waals surface area (Å²) < 4.78 is 29.6. The SMILES string of the molecule is CC#CCSc1ccc(S(=O)(=O)CNCC(=O)OC(C)(C)C)cc1. The first kappa shape index (κ1) is 20.6. The molecule has 1 aromatic carbocycles. The van der Waals surface area contributed by atoms with Crippen molar-refractivity contribution in [2.24, 2.45) is 0 Å². The van der Waals surface area contributed by atoms with Gasteiger partial charge in [0.1, 0.15) is 11.5 Å². The molecule has 7 heteroatoms. The first-order valence-electron chi connectivity index (χ1n) is 7.42. The highest BCUT2D eigenvalue weighted by Gasteiger charge is 2.18. The van der Waals surface area contributed by atoms with Crippen molar-refractivity contribution in [2.75, 3.05) is 18.2 Å². The Hall–Kier alpha value is -1.49. The summed E-state index contributed by atoms with van der Waals surface area (Å²) in [6.45, 7) is 6.90. The number of thioether (sulfide) groups is 1. The third kappa shape index (κ3) is 7.86. The van der Waals surface area contributed by atoms with E-state index in [4.69, 9.17) is 4.74 Å². The van der Waals surface area contributed by atoms with Crippen LogP contribution < -0.4 is 5.32 Å². The molecule has 5 nitrogen and oxygen atoms in total. The molecule has 0 aliphatic heterocycles. The Morgan fingerprint density at radius 2 is 1.88 bits per heavy atom. The van der Waals surface area contributed by atoms with Crippen molar-refractivity contribution in [1.29, 1.82) is 0 Å². The number of rotatable bonds is 7. The van der Waals surface area contributed by atoms with E-state index in [1.54, 1.807) is 63.7 Å². The summed E-state index contributed by atoms with van der Waals surface area (Å²) >= 11 is 1.55. The number of carbonyl (C=O) groups excluding carboxylic acids is 1. The summed E-state index contributed by atoms with van der Waals surface area (Å²) in [6.07, 6.45) is 0. The van der Waals surface area contributed by atoms with Gasteiger partial charge in [-0.05, 0) is 52.0 Å². The molecule has 0 spiro atoms. The highest BCUT2D eigenvalue weighted by Crippen LogP contribution is 2.20. The number of esters is 1. The van der Waals surface area contributed by atoms with Crippen LogP contribution in [0.4, 0.5) is 0 Å². The van der Waals surface area contributed by atoms with Gasteiger partial charge < -0.3 is 4.74 Å². The maximum absolute atomic E-state index is 12.2. The molecule has 0 fully saturated rings. The van der Waals surface area contributed by atoms with Gasteiger partial charge in [-0.2, -0.15) is 0 Å². The van der Waals surface area contributed by atoms with Crippen LogP contribution in [0.5, 0.6) is 0 Å². The second-order valence-corrected chi connectivity index (χ2v) is 9.00. The molecule has 1 aromatic rings. The summed E-state index contributed by atoms with van der Waals surface area (Å²) in [5.74, 6) is 5.61. The lowest BCUT2D eigenvalue weighted by Gasteiger charge is -2.19. The van der Waals surface area contributed by atoms with Crippen LogP contribution in [0, 0.1) is 11.8 Å². The van der Waals surface area contributed by atoms with E-state index in [0.717, 1.165) is 4.90 Å². The Bertz CT molecular complexity index is 708. The van der Waals surface area contributed by atoms with Gasteiger partial charge in [0.15, 0.2) is 9.84 Å². The molecule has 0 aliphatic rings. The quantitative estimate of drug-likeness (QED) is 0.452. The van der Waals surface area contributed by atoms with Gasteiger partial charge in [0.05, 0.1) is 17.2 Å². The summed E-state index contributed by atoms with van der Waals surface area (Å²) in [5, 5.41) is 2.62. The van der Waals surface area contributed by atoms with Crippen molar-refractivity contribution in [1.82, 2.24) is 5.32 Å². The summed E-state index contributed by atoms with van der Waals surface area (Å²) in [5.41, 5.74) is -0.590. The lowest BCUT2D eigenvalue weighted by molar-refractivity contribution is -0.153. The predicted octanol–water partition coefficient (Wildman–Crippen LogP) is 2.46. The minimum absolute atomic E-state index is 0.153. The molecule has 0 atom stereocenters. The van der Waals surface area contributed by atoms with Crippen molar-refractivity contribution in [2.45, 2.75) is 43.1 Å². The number of hydrogen-bond donors (Lipinski definition) is 1. The normalized spacial score (nSPS) is 11.5. The van der Waals surface area contributed by atoms with Crippen molar-refractivity contribution >= 4 is 27.6 Å². The Morgan fingerprint density at radius 3 is 2.42 bits per heavy atom. The molecule has 24 heavy (non-hydrogen) atoms. The number of sulfone groups is 1. The molecular weight excluding hydrogens is 346 g/mol. The van der Waals surface area contributed by atoms with Crippen LogP contribution in [0.3, 0.4) is 0 Å². The van der Waals surface area contributed by atoms with Crippen LogP contribution in [0.1, 0.15) is 27.7 Å². The zero-order chi connectivity index (χ0) is 18.2. The molecule has 0 unspecified atom stereocenters. The number of nitrogens with one attached hydrogen (secondary N) is 1. The molecule has 1 N–H and O–H groups in total. The molecule has 0 bridgehead atoms. The highest BCUT2D eigenvalue weighted by molar-refractivity contribution is 7.99. The van der Waals surface area contributed by atoms with Crippen molar-refractivity contribution in [3.05, 3.63) is 24.3 Å². The smallest absolute Gasteiger partial charge is 0.320 e.